The number of halogens is 2. The molecule has 0 heterocycles. The molecule has 5 heteroatoms. The third-order valence-corrected chi connectivity index (χ3v) is 3.46. The van der Waals surface area contributed by atoms with E-state index in [1.165, 1.54) is 6.07 Å². The van der Waals surface area contributed by atoms with Gasteiger partial charge in [0.25, 0.3) is 0 Å². The second-order valence-corrected chi connectivity index (χ2v) is 5.33. The minimum absolute atomic E-state index is 0.0577. The predicted molar refractivity (Wildman–Crippen MR) is 72.1 cm³/mol. The van der Waals surface area contributed by atoms with E-state index in [0.717, 1.165) is 4.47 Å². The van der Waals surface area contributed by atoms with Crippen LogP contribution >= 0.6 is 15.9 Å². The van der Waals surface area contributed by atoms with Gasteiger partial charge in [-0.15, -0.1) is 0 Å². The maximum absolute atomic E-state index is 13.5. The summed E-state index contributed by atoms with van der Waals surface area (Å²) in [7, 11) is 1.85. The lowest BCUT2D eigenvalue weighted by Gasteiger charge is -2.23. The third-order valence-electron chi connectivity index (χ3n) is 2.96. The van der Waals surface area contributed by atoms with Crippen LogP contribution in [0.15, 0.2) is 22.7 Å². The number of likely N-dealkylation sites (N-methyl/N-ethyl adjacent to an activating group) is 1. The van der Waals surface area contributed by atoms with E-state index >= 15 is 0 Å². The topological polar surface area (TPSA) is 40.5 Å². The van der Waals surface area contributed by atoms with Gasteiger partial charge in [0.05, 0.1) is 6.42 Å². The summed E-state index contributed by atoms with van der Waals surface area (Å²) in [5.41, 5.74) is 0.638. The van der Waals surface area contributed by atoms with E-state index in [1.54, 1.807) is 12.1 Å². The first-order chi connectivity index (χ1) is 8.40. The number of carboxylic acids is 1. The molecular formula is C13H17BrFNO2. The van der Waals surface area contributed by atoms with E-state index in [4.69, 9.17) is 5.11 Å². The average molecular weight is 318 g/mol. The normalized spacial score (nSPS) is 12.7. The zero-order valence-corrected chi connectivity index (χ0v) is 12.1. The number of hydrogen-bond acceptors (Lipinski definition) is 2. The summed E-state index contributed by atoms with van der Waals surface area (Å²) in [5.74, 6) is -1.04. The first-order valence-electron chi connectivity index (χ1n) is 5.76. The summed E-state index contributed by atoms with van der Waals surface area (Å²) < 4.78 is 14.3. The molecule has 0 spiro atoms. The molecule has 0 bridgehead atoms. The highest BCUT2D eigenvalue weighted by molar-refractivity contribution is 9.10. The summed E-state index contributed by atoms with van der Waals surface area (Å²) >= 11 is 3.31. The highest BCUT2D eigenvalue weighted by Crippen LogP contribution is 2.16. The number of aliphatic carboxylic acids is 1. The molecular weight excluding hydrogens is 301 g/mol. The molecule has 0 saturated carbocycles. The van der Waals surface area contributed by atoms with E-state index in [9.17, 15) is 9.18 Å². The van der Waals surface area contributed by atoms with Crippen LogP contribution in [0.1, 0.15) is 18.9 Å². The Labute approximate surface area is 115 Å². The van der Waals surface area contributed by atoms with E-state index in [0.29, 0.717) is 18.5 Å². The molecule has 3 nitrogen and oxygen atoms in total. The number of nitrogens with zero attached hydrogens (tertiary/aromatic N) is 1. The Balaban J connectivity index is 2.54. The van der Waals surface area contributed by atoms with Crippen LogP contribution in [0, 0.1) is 5.82 Å². The van der Waals surface area contributed by atoms with Gasteiger partial charge in [-0.05, 0) is 44.2 Å². The van der Waals surface area contributed by atoms with E-state index in [-0.39, 0.29) is 18.3 Å². The van der Waals surface area contributed by atoms with Gasteiger partial charge in [-0.3, -0.25) is 4.79 Å². The van der Waals surface area contributed by atoms with Gasteiger partial charge in [-0.25, -0.2) is 4.39 Å². The van der Waals surface area contributed by atoms with Crippen molar-refractivity contribution in [2.45, 2.75) is 25.8 Å². The number of benzene rings is 1. The summed E-state index contributed by atoms with van der Waals surface area (Å²) in [5, 5.41) is 8.71. The fourth-order valence-corrected chi connectivity index (χ4v) is 2.07. The Morgan fingerprint density at radius 2 is 2.22 bits per heavy atom. The van der Waals surface area contributed by atoms with Crippen LogP contribution in [0.3, 0.4) is 0 Å². The number of hydrogen-bond donors (Lipinski definition) is 1. The van der Waals surface area contributed by atoms with Gasteiger partial charge >= 0.3 is 5.97 Å². The van der Waals surface area contributed by atoms with Crippen molar-refractivity contribution >= 4 is 21.9 Å². The van der Waals surface area contributed by atoms with Crippen LogP contribution in [-0.2, 0) is 11.2 Å². The molecule has 0 radical (unpaired) electrons. The zero-order valence-electron chi connectivity index (χ0n) is 10.5. The van der Waals surface area contributed by atoms with Gasteiger partial charge in [0.1, 0.15) is 5.82 Å². The van der Waals surface area contributed by atoms with Crippen LogP contribution in [0.5, 0.6) is 0 Å². The maximum atomic E-state index is 13.5. The molecule has 0 fully saturated rings. The first kappa shape index (κ1) is 15.1. The van der Waals surface area contributed by atoms with Gasteiger partial charge in [-0.1, -0.05) is 15.9 Å². The van der Waals surface area contributed by atoms with Crippen molar-refractivity contribution in [1.29, 1.82) is 0 Å². The van der Waals surface area contributed by atoms with E-state index < -0.39 is 5.97 Å². The standard InChI is InChI=1S/C13H17BrFNO2/c1-9(7-13(17)18)16(2)6-5-10-8-11(14)3-4-12(10)15/h3-4,8-9H,5-7H2,1-2H3,(H,17,18). The van der Waals surface area contributed by atoms with Gasteiger partial charge in [-0.2, -0.15) is 0 Å². The Morgan fingerprint density at radius 1 is 1.56 bits per heavy atom. The molecule has 0 aliphatic rings. The van der Waals surface area contributed by atoms with Crippen LogP contribution in [0.25, 0.3) is 0 Å². The molecule has 1 atom stereocenters. The van der Waals surface area contributed by atoms with Gasteiger partial charge in [0.15, 0.2) is 0 Å². The molecule has 1 aromatic rings. The first-order valence-corrected chi connectivity index (χ1v) is 6.55. The summed E-state index contributed by atoms with van der Waals surface area (Å²) in [4.78, 5) is 12.5. The quantitative estimate of drug-likeness (QED) is 0.877. The van der Waals surface area contributed by atoms with E-state index in [2.05, 4.69) is 15.9 Å². The number of carbonyl (C=O) groups is 1. The second kappa shape index (κ2) is 6.85. The van der Waals surface area contributed by atoms with Crippen molar-refractivity contribution < 1.29 is 14.3 Å². The Morgan fingerprint density at radius 3 is 2.83 bits per heavy atom. The fraction of sp³-hybridized carbons (Fsp3) is 0.462. The minimum Gasteiger partial charge on any atom is -0.481 e. The number of rotatable bonds is 6. The predicted octanol–water partition coefficient (Wildman–Crippen LogP) is 2.93. The molecule has 1 aromatic carbocycles. The van der Waals surface area contributed by atoms with Gasteiger partial charge in [0.2, 0.25) is 0 Å². The Kier molecular flexibility index (Phi) is 5.75. The molecule has 0 amide bonds. The lowest BCUT2D eigenvalue weighted by Crippen LogP contribution is -2.32. The molecule has 1 rings (SSSR count). The van der Waals surface area contributed by atoms with Crippen molar-refractivity contribution in [2.24, 2.45) is 0 Å². The van der Waals surface area contributed by atoms with Crippen LogP contribution in [-0.4, -0.2) is 35.6 Å². The smallest absolute Gasteiger partial charge is 0.304 e. The lowest BCUT2D eigenvalue weighted by atomic mass is 10.1. The van der Waals surface area contributed by atoms with Crippen molar-refractivity contribution in [3.63, 3.8) is 0 Å². The van der Waals surface area contributed by atoms with Gasteiger partial charge in [0, 0.05) is 17.1 Å². The number of carboxylic acid groups (broad SMARTS) is 1. The molecule has 0 aliphatic carbocycles. The average Bonchev–Trinajstić information content (AvgIpc) is 2.29. The Hall–Kier alpha value is -0.940. The molecule has 0 saturated heterocycles. The molecule has 0 aromatic heterocycles. The fourth-order valence-electron chi connectivity index (χ4n) is 1.66. The molecule has 1 N–H and O–H groups in total. The van der Waals surface area contributed by atoms with Crippen LogP contribution in [0.2, 0.25) is 0 Å². The second-order valence-electron chi connectivity index (χ2n) is 4.41. The molecule has 1 unspecified atom stereocenters. The van der Waals surface area contributed by atoms with Crippen LogP contribution < -0.4 is 0 Å². The lowest BCUT2D eigenvalue weighted by molar-refractivity contribution is -0.138. The molecule has 18 heavy (non-hydrogen) atoms. The molecule has 100 valence electrons. The summed E-state index contributed by atoms with van der Waals surface area (Å²) in [6, 6.07) is 4.79. The maximum Gasteiger partial charge on any atom is 0.304 e. The minimum atomic E-state index is -0.817. The van der Waals surface area contributed by atoms with Crippen molar-refractivity contribution in [1.82, 2.24) is 4.90 Å². The zero-order chi connectivity index (χ0) is 13.7. The third kappa shape index (κ3) is 4.74. The highest BCUT2D eigenvalue weighted by Gasteiger charge is 2.13. The Bertz CT molecular complexity index is 425. The highest BCUT2D eigenvalue weighted by atomic mass is 79.9. The van der Waals surface area contributed by atoms with Crippen molar-refractivity contribution in [2.75, 3.05) is 13.6 Å². The van der Waals surface area contributed by atoms with E-state index in [1.807, 2.05) is 18.9 Å². The van der Waals surface area contributed by atoms with Crippen molar-refractivity contribution in [3.05, 3.63) is 34.1 Å². The van der Waals surface area contributed by atoms with Gasteiger partial charge < -0.3 is 10.0 Å². The monoisotopic (exact) mass is 317 g/mol. The molecule has 0 aliphatic heterocycles. The SMILES string of the molecule is CC(CC(=O)O)N(C)CCc1cc(Br)ccc1F. The van der Waals surface area contributed by atoms with Crippen molar-refractivity contribution in [3.8, 4) is 0 Å². The summed E-state index contributed by atoms with van der Waals surface area (Å²) in [6.07, 6.45) is 0.656. The summed E-state index contributed by atoms with van der Waals surface area (Å²) in [6.45, 7) is 2.48. The van der Waals surface area contributed by atoms with Crippen LogP contribution in [0.4, 0.5) is 4.39 Å². The largest absolute Gasteiger partial charge is 0.481 e.